The molecule has 4 heteroatoms. The number of fused-ring (bicyclic) bond motifs is 7. The van der Waals surface area contributed by atoms with E-state index >= 15 is 0 Å². The van der Waals surface area contributed by atoms with Crippen LogP contribution in [0.3, 0.4) is 0 Å². The zero-order chi connectivity index (χ0) is 25.6. The Bertz CT molecular complexity index is 1020. The van der Waals surface area contributed by atoms with Gasteiger partial charge in [-0.1, -0.05) is 54.5 Å². The van der Waals surface area contributed by atoms with Crippen molar-refractivity contribution in [1.29, 1.82) is 5.26 Å². The molecule has 0 aromatic rings. The molecule has 1 N–H and O–H groups in total. The molecule has 5 rings (SSSR count). The minimum absolute atomic E-state index is 0.0105. The molecule has 192 valence electrons. The Balaban J connectivity index is 1.58. The van der Waals surface area contributed by atoms with Crippen LogP contribution in [-0.2, 0) is 9.59 Å². The molecule has 0 spiro atoms. The van der Waals surface area contributed by atoms with E-state index in [1.54, 1.807) is 0 Å². The summed E-state index contributed by atoms with van der Waals surface area (Å²) in [7, 11) is 0. The molecule has 0 aromatic carbocycles. The second-order valence-electron chi connectivity index (χ2n) is 14.7. The molecule has 4 nitrogen and oxygen atoms in total. The highest BCUT2D eigenvalue weighted by Gasteiger charge is 2.68. The lowest BCUT2D eigenvalue weighted by Crippen LogP contribution is -2.68. The van der Waals surface area contributed by atoms with E-state index in [0.717, 1.165) is 32.2 Å². The molecular weight excluding hydrogens is 432 g/mol. The monoisotopic (exact) mass is 478 g/mol. The highest BCUT2D eigenvalue weighted by atomic mass is 16.1. The van der Waals surface area contributed by atoms with Gasteiger partial charge in [-0.3, -0.25) is 9.59 Å². The molecule has 8 atom stereocenters. The average Bonchev–Trinajstić information content (AvgIpc) is 2.78. The normalized spacial score (nSPS) is 47.9. The highest BCUT2D eigenvalue weighted by molar-refractivity contribution is 6.04. The first-order valence-corrected chi connectivity index (χ1v) is 14.2. The number of Topliss-reactive ketones (excluding diaryl/α,β-unsaturated/α-hetero) is 2. The second-order valence-corrected chi connectivity index (χ2v) is 14.7. The van der Waals surface area contributed by atoms with Gasteiger partial charge in [0.1, 0.15) is 11.9 Å². The summed E-state index contributed by atoms with van der Waals surface area (Å²) in [5.41, 5.74) is -0.0774. The quantitative estimate of drug-likeness (QED) is 0.509. The van der Waals surface area contributed by atoms with Crippen LogP contribution in [0.1, 0.15) is 99.8 Å². The maximum Gasteiger partial charge on any atom is 0.178 e. The molecule has 0 aliphatic heterocycles. The minimum Gasteiger partial charge on any atom is -0.311 e. The predicted molar refractivity (Wildman–Crippen MR) is 138 cm³/mol. The van der Waals surface area contributed by atoms with Gasteiger partial charge in [0.15, 0.2) is 5.78 Å². The summed E-state index contributed by atoms with van der Waals surface area (Å²) in [6.45, 7) is 16.8. The van der Waals surface area contributed by atoms with Gasteiger partial charge in [-0.05, 0) is 91.4 Å². The molecule has 0 amide bonds. The van der Waals surface area contributed by atoms with Crippen LogP contribution in [0.25, 0.3) is 0 Å². The number of ketones is 2. The van der Waals surface area contributed by atoms with Gasteiger partial charge < -0.3 is 5.32 Å². The standard InChI is InChI=1S/C31H46N2O2/c1-8-33-31-12-9-20-25(21(31)17-27(2,3)13-14-31)22(34)15-24-29(20,6)11-10-23-28(4,5)26(35)19(18-32)16-30(23,24)7/h16,20-21,23-25,33H,8-15,17H2,1-7H3. The fourth-order valence-electron chi connectivity index (χ4n) is 10.6. The molecular formula is C31H46N2O2. The van der Waals surface area contributed by atoms with E-state index in [1.165, 1.54) is 19.3 Å². The fourth-order valence-corrected chi connectivity index (χ4v) is 10.6. The summed E-state index contributed by atoms with van der Waals surface area (Å²) in [5.74, 6) is 1.78. The van der Waals surface area contributed by atoms with Crippen molar-refractivity contribution >= 4 is 11.6 Å². The first-order valence-electron chi connectivity index (χ1n) is 14.2. The Morgan fingerprint density at radius 2 is 1.69 bits per heavy atom. The first kappa shape index (κ1) is 25.2. The molecule has 35 heavy (non-hydrogen) atoms. The van der Waals surface area contributed by atoms with Crippen molar-refractivity contribution < 1.29 is 9.59 Å². The van der Waals surface area contributed by atoms with Crippen molar-refractivity contribution in [2.75, 3.05) is 6.54 Å². The van der Waals surface area contributed by atoms with Crippen LogP contribution in [0.5, 0.6) is 0 Å². The highest BCUT2D eigenvalue weighted by Crippen LogP contribution is 2.70. The van der Waals surface area contributed by atoms with Crippen LogP contribution in [0.4, 0.5) is 0 Å². The lowest BCUT2D eigenvalue weighted by molar-refractivity contribution is -0.184. The Morgan fingerprint density at radius 1 is 0.971 bits per heavy atom. The van der Waals surface area contributed by atoms with Crippen molar-refractivity contribution in [1.82, 2.24) is 5.32 Å². The smallest absolute Gasteiger partial charge is 0.178 e. The van der Waals surface area contributed by atoms with Crippen molar-refractivity contribution in [2.45, 2.75) is 105 Å². The van der Waals surface area contributed by atoms with E-state index in [-0.39, 0.29) is 45.3 Å². The van der Waals surface area contributed by atoms with Gasteiger partial charge in [0.05, 0.1) is 5.57 Å². The Hall–Kier alpha value is -1.47. The minimum atomic E-state index is -0.560. The van der Waals surface area contributed by atoms with Gasteiger partial charge in [-0.2, -0.15) is 5.26 Å². The molecule has 0 radical (unpaired) electrons. The van der Waals surface area contributed by atoms with Crippen LogP contribution >= 0.6 is 0 Å². The van der Waals surface area contributed by atoms with E-state index in [9.17, 15) is 14.9 Å². The number of nitrogens with one attached hydrogen (secondary N) is 1. The topological polar surface area (TPSA) is 70.0 Å². The van der Waals surface area contributed by atoms with Crippen molar-refractivity contribution in [3.63, 3.8) is 0 Å². The Morgan fingerprint density at radius 3 is 2.34 bits per heavy atom. The zero-order valence-corrected chi connectivity index (χ0v) is 23.1. The molecule has 0 saturated heterocycles. The Labute approximate surface area is 212 Å². The van der Waals surface area contributed by atoms with Gasteiger partial charge in [0.2, 0.25) is 0 Å². The number of carbonyl (C=O) groups excluding carboxylic acids is 2. The number of rotatable bonds is 2. The summed E-state index contributed by atoms with van der Waals surface area (Å²) in [6.07, 6.45) is 10.5. The molecule has 5 aliphatic rings. The summed E-state index contributed by atoms with van der Waals surface area (Å²) in [5, 5.41) is 13.8. The molecule has 0 heterocycles. The lowest BCUT2D eigenvalue weighted by Gasteiger charge is -2.68. The third-order valence-electron chi connectivity index (χ3n) is 12.2. The number of nitrogens with zero attached hydrogens (tertiary/aromatic N) is 1. The van der Waals surface area contributed by atoms with Crippen LogP contribution < -0.4 is 5.32 Å². The van der Waals surface area contributed by atoms with Crippen molar-refractivity contribution in [3.8, 4) is 6.07 Å². The van der Waals surface area contributed by atoms with Crippen LogP contribution in [0.2, 0.25) is 0 Å². The van der Waals surface area contributed by atoms with E-state index in [0.29, 0.717) is 29.6 Å². The Kier molecular flexibility index (Phi) is 5.59. The van der Waals surface area contributed by atoms with E-state index in [2.05, 4.69) is 46.0 Å². The fraction of sp³-hybridized carbons (Fsp3) is 0.839. The number of allylic oxidation sites excluding steroid dienone is 2. The van der Waals surface area contributed by atoms with Gasteiger partial charge in [-0.15, -0.1) is 0 Å². The average molecular weight is 479 g/mol. The van der Waals surface area contributed by atoms with Gasteiger partial charge >= 0.3 is 0 Å². The SMILES string of the molecule is CCNC12CCC3C(C(=O)CC4C5(C)C=C(C#N)C(=O)C(C)(C)C5CCC34C)C1CC(C)(C)CC2. The molecule has 8 unspecified atom stereocenters. The molecule has 4 saturated carbocycles. The second kappa shape index (κ2) is 7.77. The van der Waals surface area contributed by atoms with Crippen LogP contribution in [-0.4, -0.2) is 23.7 Å². The number of hydrogen-bond donors (Lipinski definition) is 1. The van der Waals surface area contributed by atoms with E-state index in [4.69, 9.17) is 0 Å². The van der Waals surface area contributed by atoms with Gasteiger partial charge in [-0.25, -0.2) is 0 Å². The van der Waals surface area contributed by atoms with Crippen molar-refractivity contribution in [2.24, 2.45) is 51.2 Å². The van der Waals surface area contributed by atoms with E-state index in [1.807, 2.05) is 19.9 Å². The number of nitriles is 1. The third kappa shape index (κ3) is 3.32. The van der Waals surface area contributed by atoms with Gasteiger partial charge in [0, 0.05) is 23.3 Å². The predicted octanol–water partition coefficient (Wildman–Crippen LogP) is 6.26. The number of carbonyl (C=O) groups is 2. The molecule has 0 bridgehead atoms. The molecule has 0 aromatic heterocycles. The maximum atomic E-state index is 14.3. The van der Waals surface area contributed by atoms with Crippen LogP contribution in [0.15, 0.2) is 11.6 Å². The van der Waals surface area contributed by atoms with Crippen LogP contribution in [0, 0.1) is 62.6 Å². The van der Waals surface area contributed by atoms with Crippen molar-refractivity contribution in [3.05, 3.63) is 11.6 Å². The lowest BCUT2D eigenvalue weighted by atomic mass is 9.36. The summed E-state index contributed by atoms with van der Waals surface area (Å²) < 4.78 is 0. The maximum absolute atomic E-state index is 14.3. The number of hydrogen-bond acceptors (Lipinski definition) is 4. The third-order valence-corrected chi connectivity index (χ3v) is 12.2. The van der Waals surface area contributed by atoms with Gasteiger partial charge in [0.25, 0.3) is 0 Å². The summed E-state index contributed by atoms with van der Waals surface area (Å²) in [6, 6.07) is 2.23. The zero-order valence-electron chi connectivity index (χ0n) is 23.1. The summed E-state index contributed by atoms with van der Waals surface area (Å²) >= 11 is 0. The van der Waals surface area contributed by atoms with E-state index < -0.39 is 5.41 Å². The summed E-state index contributed by atoms with van der Waals surface area (Å²) in [4.78, 5) is 27.4. The molecule has 4 fully saturated rings. The first-order chi connectivity index (χ1) is 16.3. The molecule has 5 aliphatic carbocycles. The largest absolute Gasteiger partial charge is 0.311 e.